The molecule has 1 aromatic heterocycles. The Labute approximate surface area is 121 Å². The van der Waals surface area contributed by atoms with Gasteiger partial charge in [-0.3, -0.25) is 4.99 Å². The molecule has 1 saturated carbocycles. The van der Waals surface area contributed by atoms with Crippen molar-refractivity contribution in [3.8, 4) is 0 Å². The Kier molecular flexibility index (Phi) is 5.04. The predicted octanol–water partition coefficient (Wildman–Crippen LogP) is 2.54. The summed E-state index contributed by atoms with van der Waals surface area (Å²) in [5, 5.41) is 6.75. The van der Waals surface area contributed by atoms with E-state index < -0.39 is 0 Å². The Bertz CT molecular complexity index is 439. The van der Waals surface area contributed by atoms with Crippen molar-refractivity contribution in [1.82, 2.24) is 15.6 Å². The monoisotopic (exact) mass is 278 g/mol. The van der Waals surface area contributed by atoms with Crippen LogP contribution in [0.1, 0.15) is 50.0 Å². The first-order chi connectivity index (χ1) is 9.58. The number of rotatable bonds is 3. The van der Waals surface area contributed by atoms with Crippen LogP contribution in [-0.2, 0) is 6.54 Å². The van der Waals surface area contributed by atoms with Crippen molar-refractivity contribution < 1.29 is 4.42 Å². The zero-order chi connectivity index (χ0) is 14.5. The molecule has 5 heteroatoms. The zero-order valence-electron chi connectivity index (χ0n) is 13.0. The molecule has 112 valence electrons. The highest BCUT2D eigenvalue weighted by Crippen LogP contribution is 2.23. The van der Waals surface area contributed by atoms with Crippen molar-refractivity contribution in [2.24, 2.45) is 10.9 Å². The molecule has 2 rings (SSSR count). The van der Waals surface area contributed by atoms with Crippen LogP contribution < -0.4 is 10.6 Å². The first-order valence-electron chi connectivity index (χ1n) is 7.48. The first-order valence-corrected chi connectivity index (χ1v) is 7.48. The normalized spacial score (nSPS) is 23.7. The summed E-state index contributed by atoms with van der Waals surface area (Å²) in [6.45, 7) is 6.79. The van der Waals surface area contributed by atoms with E-state index in [1.165, 1.54) is 25.7 Å². The molecular formula is C15H26N4O. The summed E-state index contributed by atoms with van der Waals surface area (Å²) in [4.78, 5) is 8.63. The Morgan fingerprint density at radius 3 is 2.55 bits per heavy atom. The molecule has 0 atom stereocenters. The minimum Gasteiger partial charge on any atom is -0.444 e. The number of aryl methyl sites for hydroxylation is 2. The summed E-state index contributed by atoms with van der Waals surface area (Å²) in [7, 11) is 1.80. The second-order valence-corrected chi connectivity index (χ2v) is 5.78. The highest BCUT2D eigenvalue weighted by Gasteiger charge is 2.19. The van der Waals surface area contributed by atoms with Crippen LogP contribution in [0.15, 0.2) is 9.41 Å². The average molecular weight is 278 g/mol. The van der Waals surface area contributed by atoms with Gasteiger partial charge in [0.1, 0.15) is 5.76 Å². The maximum absolute atomic E-state index is 5.56. The van der Waals surface area contributed by atoms with Gasteiger partial charge in [0, 0.05) is 13.1 Å². The molecule has 1 aromatic rings. The van der Waals surface area contributed by atoms with Gasteiger partial charge in [-0.2, -0.15) is 0 Å². The molecular weight excluding hydrogens is 252 g/mol. The average Bonchev–Trinajstić information content (AvgIpc) is 2.76. The van der Waals surface area contributed by atoms with E-state index in [0.717, 1.165) is 23.3 Å². The quantitative estimate of drug-likeness (QED) is 0.659. The van der Waals surface area contributed by atoms with E-state index in [1.807, 2.05) is 13.8 Å². The second-order valence-electron chi connectivity index (χ2n) is 5.78. The molecule has 20 heavy (non-hydrogen) atoms. The van der Waals surface area contributed by atoms with Crippen LogP contribution in [0.25, 0.3) is 0 Å². The van der Waals surface area contributed by atoms with Gasteiger partial charge >= 0.3 is 0 Å². The van der Waals surface area contributed by atoms with Crippen LogP contribution >= 0.6 is 0 Å². The molecule has 0 aromatic carbocycles. The van der Waals surface area contributed by atoms with Gasteiger partial charge in [0.15, 0.2) is 5.96 Å². The summed E-state index contributed by atoms with van der Waals surface area (Å²) >= 11 is 0. The molecule has 1 aliphatic rings. The molecule has 1 heterocycles. The van der Waals surface area contributed by atoms with E-state index in [2.05, 4.69) is 27.5 Å². The Morgan fingerprint density at radius 2 is 2.00 bits per heavy atom. The van der Waals surface area contributed by atoms with Gasteiger partial charge < -0.3 is 15.1 Å². The smallest absolute Gasteiger partial charge is 0.214 e. The van der Waals surface area contributed by atoms with Gasteiger partial charge in [0.05, 0.1) is 12.2 Å². The fourth-order valence-corrected chi connectivity index (χ4v) is 2.57. The lowest BCUT2D eigenvalue weighted by molar-refractivity contribution is 0.329. The standard InChI is InChI=1S/C15H26N4O/c1-10-5-7-13(8-6-10)19-15(16-4)17-9-14-18-11(2)12(3)20-14/h10,13H,5-9H2,1-4H3,(H2,16,17,19). The van der Waals surface area contributed by atoms with Crippen molar-refractivity contribution in [1.29, 1.82) is 0 Å². The molecule has 0 unspecified atom stereocenters. The van der Waals surface area contributed by atoms with Crippen molar-refractivity contribution in [3.63, 3.8) is 0 Å². The van der Waals surface area contributed by atoms with Crippen LogP contribution in [0.3, 0.4) is 0 Å². The molecule has 0 bridgehead atoms. The van der Waals surface area contributed by atoms with Gasteiger partial charge in [-0.15, -0.1) is 0 Å². The van der Waals surface area contributed by atoms with Crippen LogP contribution in [0.4, 0.5) is 0 Å². The minimum atomic E-state index is 0.533. The molecule has 1 aliphatic carbocycles. The van der Waals surface area contributed by atoms with E-state index in [1.54, 1.807) is 7.05 Å². The van der Waals surface area contributed by atoms with E-state index in [9.17, 15) is 0 Å². The number of guanidine groups is 1. The van der Waals surface area contributed by atoms with E-state index >= 15 is 0 Å². The largest absolute Gasteiger partial charge is 0.444 e. The highest BCUT2D eigenvalue weighted by atomic mass is 16.4. The van der Waals surface area contributed by atoms with Gasteiger partial charge in [-0.25, -0.2) is 4.98 Å². The van der Waals surface area contributed by atoms with Gasteiger partial charge in [-0.05, 0) is 45.4 Å². The summed E-state index contributed by atoms with van der Waals surface area (Å²) in [5.74, 6) is 3.28. The molecule has 5 nitrogen and oxygen atoms in total. The number of aliphatic imine (C=N–C) groups is 1. The van der Waals surface area contributed by atoms with E-state index in [-0.39, 0.29) is 0 Å². The second kappa shape index (κ2) is 6.77. The molecule has 0 radical (unpaired) electrons. The van der Waals surface area contributed by atoms with Crippen LogP contribution in [0.2, 0.25) is 0 Å². The number of oxazole rings is 1. The minimum absolute atomic E-state index is 0.533. The van der Waals surface area contributed by atoms with Crippen molar-refractivity contribution >= 4 is 5.96 Å². The van der Waals surface area contributed by atoms with Crippen molar-refractivity contribution in [2.75, 3.05) is 7.05 Å². The summed E-state index contributed by atoms with van der Waals surface area (Å²) < 4.78 is 5.56. The van der Waals surface area contributed by atoms with Crippen LogP contribution in [0.5, 0.6) is 0 Å². The van der Waals surface area contributed by atoms with Crippen molar-refractivity contribution in [3.05, 3.63) is 17.3 Å². The summed E-state index contributed by atoms with van der Waals surface area (Å²) in [6.07, 6.45) is 5.04. The number of hydrogen-bond donors (Lipinski definition) is 2. The Hall–Kier alpha value is -1.52. The molecule has 0 amide bonds. The van der Waals surface area contributed by atoms with E-state index in [0.29, 0.717) is 18.5 Å². The van der Waals surface area contributed by atoms with E-state index in [4.69, 9.17) is 4.42 Å². The number of nitrogens with zero attached hydrogens (tertiary/aromatic N) is 2. The molecule has 0 aliphatic heterocycles. The lowest BCUT2D eigenvalue weighted by Crippen LogP contribution is -2.44. The Balaban J connectivity index is 1.81. The zero-order valence-corrected chi connectivity index (χ0v) is 13.0. The van der Waals surface area contributed by atoms with Crippen LogP contribution in [0, 0.1) is 19.8 Å². The SMILES string of the molecule is CN=C(NCc1nc(C)c(C)o1)NC1CCC(C)CC1. The third-order valence-corrected chi connectivity index (χ3v) is 4.06. The molecule has 1 fully saturated rings. The number of nitrogens with one attached hydrogen (secondary N) is 2. The predicted molar refractivity (Wildman–Crippen MR) is 80.7 cm³/mol. The topological polar surface area (TPSA) is 62.5 Å². The summed E-state index contributed by atoms with van der Waals surface area (Å²) in [5.41, 5.74) is 0.950. The number of aromatic nitrogens is 1. The van der Waals surface area contributed by atoms with Gasteiger partial charge in [0.25, 0.3) is 0 Å². The van der Waals surface area contributed by atoms with Crippen LogP contribution in [-0.4, -0.2) is 24.0 Å². The molecule has 2 N–H and O–H groups in total. The highest BCUT2D eigenvalue weighted by molar-refractivity contribution is 5.79. The molecule has 0 saturated heterocycles. The van der Waals surface area contributed by atoms with Gasteiger partial charge in [-0.1, -0.05) is 6.92 Å². The third-order valence-electron chi connectivity index (χ3n) is 4.06. The lowest BCUT2D eigenvalue weighted by atomic mass is 9.87. The fraction of sp³-hybridized carbons (Fsp3) is 0.733. The van der Waals surface area contributed by atoms with Crippen molar-refractivity contribution in [2.45, 2.75) is 59.0 Å². The maximum Gasteiger partial charge on any atom is 0.214 e. The third kappa shape index (κ3) is 3.99. The van der Waals surface area contributed by atoms with Gasteiger partial charge in [0.2, 0.25) is 5.89 Å². The number of hydrogen-bond acceptors (Lipinski definition) is 3. The summed E-state index contributed by atoms with van der Waals surface area (Å²) in [6, 6.07) is 0.533. The Morgan fingerprint density at radius 1 is 1.30 bits per heavy atom. The first kappa shape index (κ1) is 14.9. The molecule has 0 spiro atoms. The maximum atomic E-state index is 5.56. The fourth-order valence-electron chi connectivity index (χ4n) is 2.57. The lowest BCUT2D eigenvalue weighted by Gasteiger charge is -2.28.